The molecule has 1 rings (SSSR count). The van der Waals surface area contributed by atoms with Crippen LogP contribution in [0.4, 0.5) is 0 Å². The van der Waals surface area contributed by atoms with Gasteiger partial charge >= 0.3 is 0 Å². The van der Waals surface area contributed by atoms with Crippen LogP contribution in [0.2, 0.25) is 0 Å². The van der Waals surface area contributed by atoms with Gasteiger partial charge in [-0.15, -0.1) is 6.42 Å². The molecule has 9 heavy (non-hydrogen) atoms. The maximum absolute atomic E-state index is 5.41. The first kappa shape index (κ1) is 5.86. The monoisotopic (exact) mass is 121 g/mol. The van der Waals surface area contributed by atoms with Crippen molar-refractivity contribution in [3.8, 4) is 12.3 Å². The van der Waals surface area contributed by atoms with Crippen molar-refractivity contribution in [1.82, 2.24) is 9.97 Å². The minimum atomic E-state index is -0.403. The average Bonchev–Trinajstić information content (AvgIpc) is 2.37. The summed E-state index contributed by atoms with van der Waals surface area (Å²) in [6, 6.07) is -0.403. The topological polar surface area (TPSA) is 54.7 Å². The summed E-state index contributed by atoms with van der Waals surface area (Å²) in [4.78, 5) is 6.67. The van der Waals surface area contributed by atoms with Crippen LogP contribution in [0.15, 0.2) is 12.4 Å². The van der Waals surface area contributed by atoms with Crippen LogP contribution in [0.25, 0.3) is 0 Å². The van der Waals surface area contributed by atoms with E-state index in [1.54, 1.807) is 12.4 Å². The van der Waals surface area contributed by atoms with Gasteiger partial charge in [-0.2, -0.15) is 0 Å². The molecule has 1 aromatic heterocycles. The molecule has 0 amide bonds. The van der Waals surface area contributed by atoms with E-state index in [0.717, 1.165) is 0 Å². The van der Waals surface area contributed by atoms with Crippen LogP contribution in [0.5, 0.6) is 0 Å². The molecule has 1 unspecified atom stereocenters. The lowest BCUT2D eigenvalue weighted by atomic mass is 10.3. The number of H-pyrrole nitrogens is 1. The fourth-order valence-corrected chi connectivity index (χ4v) is 0.526. The number of nitrogens with one attached hydrogen (secondary N) is 1. The van der Waals surface area contributed by atoms with Gasteiger partial charge in [-0.1, -0.05) is 5.92 Å². The van der Waals surface area contributed by atoms with Crippen molar-refractivity contribution in [2.75, 3.05) is 0 Å². The van der Waals surface area contributed by atoms with Gasteiger partial charge in [0, 0.05) is 12.4 Å². The second kappa shape index (κ2) is 2.33. The van der Waals surface area contributed by atoms with Crippen LogP contribution in [0.3, 0.4) is 0 Å². The van der Waals surface area contributed by atoms with Crippen molar-refractivity contribution in [3.63, 3.8) is 0 Å². The van der Waals surface area contributed by atoms with Crippen molar-refractivity contribution in [2.24, 2.45) is 5.73 Å². The van der Waals surface area contributed by atoms with Crippen LogP contribution in [-0.4, -0.2) is 9.97 Å². The molecule has 0 saturated carbocycles. The quantitative estimate of drug-likeness (QED) is 0.515. The molecule has 0 spiro atoms. The summed E-state index contributed by atoms with van der Waals surface area (Å²) in [6.07, 6.45) is 8.33. The van der Waals surface area contributed by atoms with Crippen molar-refractivity contribution < 1.29 is 0 Å². The highest BCUT2D eigenvalue weighted by molar-refractivity contribution is 5.09. The third-order valence-corrected chi connectivity index (χ3v) is 0.994. The molecule has 0 saturated heterocycles. The van der Waals surface area contributed by atoms with E-state index in [1.165, 1.54) is 0 Å². The van der Waals surface area contributed by atoms with Crippen LogP contribution in [-0.2, 0) is 0 Å². The number of aromatic amines is 1. The molecular weight excluding hydrogens is 114 g/mol. The van der Waals surface area contributed by atoms with Gasteiger partial charge in [0.2, 0.25) is 0 Å². The SMILES string of the molecule is C#CC(N)c1ncc[nH]1. The number of rotatable bonds is 1. The van der Waals surface area contributed by atoms with E-state index in [4.69, 9.17) is 12.2 Å². The van der Waals surface area contributed by atoms with Crippen molar-refractivity contribution in [1.29, 1.82) is 0 Å². The van der Waals surface area contributed by atoms with Gasteiger partial charge in [0.15, 0.2) is 0 Å². The van der Waals surface area contributed by atoms with Crippen LogP contribution in [0, 0.1) is 12.3 Å². The van der Waals surface area contributed by atoms with E-state index in [-0.39, 0.29) is 0 Å². The summed E-state index contributed by atoms with van der Waals surface area (Å²) in [7, 11) is 0. The largest absolute Gasteiger partial charge is 0.346 e. The molecular formula is C6H7N3. The summed E-state index contributed by atoms with van der Waals surface area (Å²) in [5, 5.41) is 0. The highest BCUT2D eigenvalue weighted by Gasteiger charge is 2.00. The number of hydrogen-bond donors (Lipinski definition) is 2. The molecule has 0 aliphatic carbocycles. The fraction of sp³-hybridized carbons (Fsp3) is 0.167. The second-order valence-corrected chi connectivity index (χ2v) is 1.62. The smallest absolute Gasteiger partial charge is 0.135 e. The molecule has 0 aliphatic heterocycles. The number of terminal acetylenes is 1. The molecule has 0 radical (unpaired) electrons. The summed E-state index contributed by atoms with van der Waals surface area (Å²) in [5.74, 6) is 2.99. The Morgan fingerprint density at radius 1 is 1.89 bits per heavy atom. The molecule has 3 nitrogen and oxygen atoms in total. The highest BCUT2D eigenvalue weighted by Crippen LogP contribution is 1.98. The standard InChI is InChI=1S/C6H7N3/c1-2-5(7)6-8-3-4-9-6/h1,3-5H,7H2,(H,8,9). The first-order valence-corrected chi connectivity index (χ1v) is 2.55. The lowest BCUT2D eigenvalue weighted by Gasteiger charge is -1.95. The van der Waals surface area contributed by atoms with Crippen molar-refractivity contribution >= 4 is 0 Å². The molecule has 1 aromatic rings. The first-order valence-electron chi connectivity index (χ1n) is 2.55. The Kier molecular flexibility index (Phi) is 1.52. The maximum Gasteiger partial charge on any atom is 0.135 e. The predicted molar refractivity (Wildman–Crippen MR) is 34.3 cm³/mol. The zero-order valence-electron chi connectivity index (χ0n) is 4.83. The predicted octanol–water partition coefficient (Wildman–Crippen LogP) is 0.0427. The van der Waals surface area contributed by atoms with Gasteiger partial charge < -0.3 is 10.7 Å². The third kappa shape index (κ3) is 1.09. The van der Waals surface area contributed by atoms with E-state index in [1.807, 2.05) is 0 Å². The Bertz CT molecular complexity index is 207. The lowest BCUT2D eigenvalue weighted by Crippen LogP contribution is -2.08. The van der Waals surface area contributed by atoms with Crippen molar-refractivity contribution in [2.45, 2.75) is 6.04 Å². The normalized spacial score (nSPS) is 12.4. The van der Waals surface area contributed by atoms with Crippen LogP contribution in [0.1, 0.15) is 11.9 Å². The number of hydrogen-bond acceptors (Lipinski definition) is 2. The maximum atomic E-state index is 5.41. The molecule has 3 N–H and O–H groups in total. The van der Waals surface area contributed by atoms with Crippen molar-refractivity contribution in [3.05, 3.63) is 18.2 Å². The number of aromatic nitrogens is 2. The Hall–Kier alpha value is -1.27. The first-order chi connectivity index (χ1) is 4.34. The van der Waals surface area contributed by atoms with Gasteiger partial charge in [-0.25, -0.2) is 4.98 Å². The fourth-order valence-electron chi connectivity index (χ4n) is 0.526. The molecule has 0 bridgehead atoms. The Morgan fingerprint density at radius 2 is 2.67 bits per heavy atom. The molecule has 1 heterocycles. The summed E-state index contributed by atoms with van der Waals surface area (Å²) in [5.41, 5.74) is 5.41. The Balaban J connectivity index is 2.80. The summed E-state index contributed by atoms with van der Waals surface area (Å²) in [6.45, 7) is 0. The number of imidazole rings is 1. The van der Waals surface area contributed by atoms with Gasteiger partial charge in [0.05, 0.1) is 0 Å². The summed E-state index contributed by atoms with van der Waals surface area (Å²) < 4.78 is 0. The van der Waals surface area contributed by atoms with Gasteiger partial charge in [0.25, 0.3) is 0 Å². The van der Waals surface area contributed by atoms with Gasteiger partial charge in [0.1, 0.15) is 11.9 Å². The second-order valence-electron chi connectivity index (χ2n) is 1.62. The Morgan fingerprint density at radius 3 is 3.11 bits per heavy atom. The van der Waals surface area contributed by atoms with E-state index in [0.29, 0.717) is 5.82 Å². The molecule has 46 valence electrons. The van der Waals surface area contributed by atoms with E-state index in [2.05, 4.69) is 15.9 Å². The Labute approximate surface area is 53.3 Å². The van der Waals surface area contributed by atoms with Crippen LogP contribution < -0.4 is 5.73 Å². The molecule has 0 aromatic carbocycles. The third-order valence-electron chi connectivity index (χ3n) is 0.994. The summed E-state index contributed by atoms with van der Waals surface area (Å²) >= 11 is 0. The average molecular weight is 121 g/mol. The van der Waals surface area contributed by atoms with Gasteiger partial charge in [-0.05, 0) is 0 Å². The molecule has 0 fully saturated rings. The highest BCUT2D eigenvalue weighted by atomic mass is 14.9. The number of nitrogens with two attached hydrogens (primary N) is 1. The van der Waals surface area contributed by atoms with E-state index in [9.17, 15) is 0 Å². The lowest BCUT2D eigenvalue weighted by molar-refractivity contribution is 0.857. The zero-order chi connectivity index (χ0) is 6.69. The molecule has 0 aliphatic rings. The number of nitrogens with zero attached hydrogens (tertiary/aromatic N) is 1. The molecule has 3 heteroatoms. The molecule has 1 atom stereocenters. The zero-order valence-corrected chi connectivity index (χ0v) is 4.83. The minimum Gasteiger partial charge on any atom is -0.346 e. The van der Waals surface area contributed by atoms with Gasteiger partial charge in [-0.3, -0.25) is 0 Å². The van der Waals surface area contributed by atoms with E-state index >= 15 is 0 Å². The van der Waals surface area contributed by atoms with Crippen LogP contribution >= 0.6 is 0 Å². The minimum absolute atomic E-state index is 0.403. The van der Waals surface area contributed by atoms with E-state index < -0.39 is 6.04 Å².